The number of aromatic amines is 1. The fourth-order valence-electron chi connectivity index (χ4n) is 5.91. The van der Waals surface area contributed by atoms with Crippen molar-refractivity contribution >= 4 is 22.4 Å². The molecule has 0 amide bonds. The second-order valence-electron chi connectivity index (χ2n) is 9.62. The summed E-state index contributed by atoms with van der Waals surface area (Å²) in [6.45, 7) is 3.46. The van der Waals surface area contributed by atoms with E-state index in [4.69, 9.17) is 0 Å². The summed E-state index contributed by atoms with van der Waals surface area (Å²) in [5, 5.41) is 0. The monoisotopic (exact) mass is 474 g/mol. The molecule has 3 heterocycles. The molecule has 0 saturated carbocycles. The zero-order valence-corrected chi connectivity index (χ0v) is 19.5. The Morgan fingerprint density at radius 1 is 0.914 bits per heavy atom. The number of nitrogens with one attached hydrogen (secondary N) is 1. The predicted molar refractivity (Wildman–Crippen MR) is 134 cm³/mol. The first kappa shape index (κ1) is 22.0. The maximum Gasteiger partial charge on any atom is 0.326 e. The molecule has 0 aliphatic carbocycles. The van der Waals surface area contributed by atoms with Crippen molar-refractivity contribution < 1.29 is 8.78 Å². The number of unbranched alkanes of at least 4 members (excludes halogenated alkanes) is 1. The Kier molecular flexibility index (Phi) is 5.65. The molecule has 0 spiro atoms. The smallest absolute Gasteiger partial charge is 0.326 e. The van der Waals surface area contributed by atoms with E-state index in [9.17, 15) is 13.6 Å². The van der Waals surface area contributed by atoms with Gasteiger partial charge in [-0.1, -0.05) is 12.1 Å². The number of halogens is 2. The number of hydrogen-bond donors (Lipinski definition) is 1. The van der Waals surface area contributed by atoms with Gasteiger partial charge in [-0.15, -0.1) is 0 Å². The number of nitrogens with zero attached hydrogens (tertiary/aromatic N) is 3. The van der Waals surface area contributed by atoms with Crippen LogP contribution in [-0.4, -0.2) is 40.1 Å². The normalized spacial score (nSPS) is 19.8. The highest BCUT2D eigenvalue weighted by atomic mass is 19.1. The van der Waals surface area contributed by atoms with Gasteiger partial charge in [0, 0.05) is 43.0 Å². The molecule has 3 aromatic carbocycles. The van der Waals surface area contributed by atoms with Crippen molar-refractivity contribution in [3.05, 3.63) is 94.4 Å². The highest BCUT2D eigenvalue weighted by molar-refractivity contribution is 5.75. The number of rotatable bonds is 6. The van der Waals surface area contributed by atoms with Gasteiger partial charge in [0.1, 0.15) is 11.6 Å². The molecule has 0 bridgehead atoms. The molecule has 1 saturated heterocycles. The molecule has 4 aromatic rings. The van der Waals surface area contributed by atoms with E-state index in [1.54, 1.807) is 6.07 Å². The van der Waals surface area contributed by atoms with E-state index in [1.165, 1.54) is 18.2 Å². The fourth-order valence-corrected chi connectivity index (χ4v) is 5.91. The van der Waals surface area contributed by atoms with Crippen LogP contribution in [0.25, 0.3) is 11.0 Å². The Balaban J connectivity index is 1.14. The minimum atomic E-state index is -0.256. The molecule has 7 heteroatoms. The lowest BCUT2D eigenvalue weighted by Crippen LogP contribution is -2.45. The molecule has 1 aromatic heterocycles. The van der Waals surface area contributed by atoms with E-state index in [-0.39, 0.29) is 29.3 Å². The van der Waals surface area contributed by atoms with Crippen LogP contribution in [0.2, 0.25) is 0 Å². The average Bonchev–Trinajstić information content (AvgIpc) is 3.36. The lowest BCUT2D eigenvalue weighted by molar-refractivity contribution is 0.192. The van der Waals surface area contributed by atoms with Crippen LogP contribution >= 0.6 is 0 Å². The van der Waals surface area contributed by atoms with Crippen LogP contribution in [0.1, 0.15) is 30.7 Å². The van der Waals surface area contributed by atoms with Crippen LogP contribution in [0.3, 0.4) is 0 Å². The number of piperidine rings is 1. The molecule has 0 radical (unpaired) electrons. The Morgan fingerprint density at radius 3 is 2.54 bits per heavy atom. The quantitative estimate of drug-likeness (QED) is 0.381. The highest BCUT2D eigenvalue weighted by Gasteiger charge is 2.42. The number of anilines is 2. The molecule has 2 unspecified atom stereocenters. The summed E-state index contributed by atoms with van der Waals surface area (Å²) in [7, 11) is 0. The van der Waals surface area contributed by atoms with Crippen LogP contribution in [0.5, 0.6) is 0 Å². The molecular formula is C28H28F2N4O. The molecule has 2 aliphatic rings. The topological polar surface area (TPSA) is 44.3 Å². The molecule has 1 N–H and O–H groups in total. The van der Waals surface area contributed by atoms with Gasteiger partial charge in [0.2, 0.25) is 0 Å². The molecule has 6 rings (SSSR count). The second kappa shape index (κ2) is 8.96. The summed E-state index contributed by atoms with van der Waals surface area (Å²) >= 11 is 0. The minimum absolute atomic E-state index is 0.0579. The molecule has 180 valence electrons. The molecule has 35 heavy (non-hydrogen) atoms. The zero-order chi connectivity index (χ0) is 23.9. The van der Waals surface area contributed by atoms with Crippen LogP contribution in [0.15, 0.2) is 71.5 Å². The third-order valence-corrected chi connectivity index (χ3v) is 7.53. The Morgan fingerprint density at radius 2 is 1.69 bits per heavy atom. The summed E-state index contributed by atoms with van der Waals surface area (Å²) in [6.07, 6.45) is 2.86. The third kappa shape index (κ3) is 4.04. The lowest BCUT2D eigenvalue weighted by Gasteiger charge is -2.39. The summed E-state index contributed by atoms with van der Waals surface area (Å²) in [4.78, 5) is 20.0. The van der Waals surface area contributed by atoms with E-state index in [0.29, 0.717) is 6.54 Å². The molecule has 1 fully saturated rings. The Bertz CT molecular complexity index is 1410. The van der Waals surface area contributed by atoms with E-state index in [1.807, 2.05) is 47.0 Å². The number of H-pyrrole nitrogens is 1. The van der Waals surface area contributed by atoms with Crippen LogP contribution < -0.4 is 10.6 Å². The number of likely N-dealkylation sites (tertiary alicyclic amines) is 1. The van der Waals surface area contributed by atoms with Gasteiger partial charge in [0.15, 0.2) is 0 Å². The molecule has 5 nitrogen and oxygen atoms in total. The highest BCUT2D eigenvalue weighted by Crippen LogP contribution is 2.48. The minimum Gasteiger partial charge on any atom is -0.337 e. The van der Waals surface area contributed by atoms with Crippen molar-refractivity contribution in [3.63, 3.8) is 0 Å². The Labute approximate surface area is 202 Å². The predicted octanol–water partition coefficient (Wildman–Crippen LogP) is 5.40. The van der Waals surface area contributed by atoms with Crippen molar-refractivity contribution in [2.75, 3.05) is 24.5 Å². The van der Waals surface area contributed by atoms with Crippen LogP contribution in [-0.2, 0) is 6.54 Å². The second-order valence-corrected chi connectivity index (χ2v) is 9.62. The van der Waals surface area contributed by atoms with Gasteiger partial charge in [-0.3, -0.25) is 4.57 Å². The van der Waals surface area contributed by atoms with Gasteiger partial charge >= 0.3 is 5.69 Å². The van der Waals surface area contributed by atoms with E-state index in [0.717, 1.165) is 66.9 Å². The first-order valence-electron chi connectivity index (χ1n) is 12.3. The first-order chi connectivity index (χ1) is 17.1. The molecular weight excluding hydrogens is 446 g/mol. The van der Waals surface area contributed by atoms with Gasteiger partial charge < -0.3 is 14.8 Å². The van der Waals surface area contributed by atoms with E-state index >= 15 is 0 Å². The number of aryl methyl sites for hydroxylation is 1. The maximum atomic E-state index is 14.2. The third-order valence-electron chi connectivity index (χ3n) is 7.53. The maximum absolute atomic E-state index is 14.2. The van der Waals surface area contributed by atoms with Crippen molar-refractivity contribution in [2.45, 2.75) is 37.8 Å². The van der Waals surface area contributed by atoms with Crippen LogP contribution in [0.4, 0.5) is 20.2 Å². The van der Waals surface area contributed by atoms with E-state index in [2.05, 4.69) is 14.8 Å². The first-order valence-corrected chi connectivity index (χ1v) is 12.3. The van der Waals surface area contributed by atoms with Crippen molar-refractivity contribution in [1.29, 1.82) is 0 Å². The molecule has 2 atom stereocenters. The summed E-state index contributed by atoms with van der Waals surface area (Å²) < 4.78 is 29.6. The summed E-state index contributed by atoms with van der Waals surface area (Å²) in [6, 6.07) is 19.6. The summed E-state index contributed by atoms with van der Waals surface area (Å²) in [5.41, 5.74) is 4.77. The van der Waals surface area contributed by atoms with E-state index < -0.39 is 0 Å². The number of fused-ring (bicyclic) bond motifs is 4. The number of aromatic nitrogens is 2. The van der Waals surface area contributed by atoms with Gasteiger partial charge in [-0.2, -0.15) is 0 Å². The van der Waals surface area contributed by atoms with Crippen molar-refractivity contribution in [2.24, 2.45) is 0 Å². The standard InChI is InChI=1S/C28H28F2N4O/c29-19-7-10-21(11-8-19)34-25-12-9-20(30)17-22(25)23-18-32(16-13-26(23)34)14-3-4-15-33-27-6-2-1-5-24(27)31-28(33)35/h1-2,5-12,17,23,26H,3-4,13-16,18H2,(H,31,35). The SMILES string of the molecule is O=c1[nH]c2ccccc2n1CCCCN1CCC2C(C1)c1cc(F)ccc1N2c1ccc(F)cc1. The van der Waals surface area contributed by atoms with Crippen molar-refractivity contribution in [1.82, 2.24) is 14.5 Å². The lowest BCUT2D eigenvalue weighted by atomic mass is 9.89. The van der Waals surface area contributed by atoms with Gasteiger partial charge in [-0.25, -0.2) is 13.6 Å². The molecule has 2 aliphatic heterocycles. The average molecular weight is 475 g/mol. The number of para-hydroxylation sites is 2. The van der Waals surface area contributed by atoms with Gasteiger partial charge in [0.25, 0.3) is 0 Å². The zero-order valence-electron chi connectivity index (χ0n) is 19.5. The number of benzene rings is 3. The van der Waals surface area contributed by atoms with Gasteiger partial charge in [0.05, 0.1) is 11.0 Å². The summed E-state index contributed by atoms with van der Waals surface area (Å²) in [5.74, 6) is -0.269. The number of hydrogen-bond acceptors (Lipinski definition) is 3. The van der Waals surface area contributed by atoms with Gasteiger partial charge in [-0.05, 0) is 86.0 Å². The van der Waals surface area contributed by atoms with Crippen LogP contribution in [0, 0.1) is 11.6 Å². The number of imidazole rings is 1. The Hall–Kier alpha value is -3.45. The fraction of sp³-hybridized carbons (Fsp3) is 0.321. The largest absolute Gasteiger partial charge is 0.337 e. The van der Waals surface area contributed by atoms with Crippen molar-refractivity contribution in [3.8, 4) is 0 Å².